The molecule has 4 rings (SSSR count). The van der Waals surface area contributed by atoms with Gasteiger partial charge in [-0.2, -0.15) is 0 Å². The third-order valence-electron chi connectivity index (χ3n) is 6.14. The lowest BCUT2D eigenvalue weighted by Crippen LogP contribution is -2.04. The van der Waals surface area contributed by atoms with Gasteiger partial charge in [-0.3, -0.25) is 0 Å². The van der Waals surface area contributed by atoms with Crippen molar-refractivity contribution < 1.29 is 0 Å². The van der Waals surface area contributed by atoms with Gasteiger partial charge in [0.15, 0.2) is 0 Å². The molecule has 0 radical (unpaired) electrons. The first-order chi connectivity index (χ1) is 12.1. The van der Waals surface area contributed by atoms with E-state index in [0.29, 0.717) is 17.8 Å². The second-order valence-electron chi connectivity index (χ2n) is 8.09. The molecule has 128 valence electrons. The van der Waals surface area contributed by atoms with Crippen LogP contribution >= 0.6 is 0 Å². The monoisotopic (exact) mass is 328 g/mol. The molecule has 0 aromatic heterocycles. The maximum Gasteiger partial charge on any atom is 0.00551 e. The van der Waals surface area contributed by atoms with E-state index in [1.54, 1.807) is 5.56 Å². The van der Waals surface area contributed by atoms with Crippen molar-refractivity contribution in [3.8, 4) is 0 Å². The molecule has 2 aromatic rings. The minimum absolute atomic E-state index is 0.588. The van der Waals surface area contributed by atoms with Gasteiger partial charge >= 0.3 is 0 Å². The molecule has 2 aromatic carbocycles. The molecule has 0 amide bonds. The van der Waals surface area contributed by atoms with Crippen molar-refractivity contribution in [3.63, 3.8) is 0 Å². The Hall–Kier alpha value is -2.08. The summed E-state index contributed by atoms with van der Waals surface area (Å²) in [7, 11) is 0. The fourth-order valence-corrected chi connectivity index (χ4v) is 4.80. The van der Waals surface area contributed by atoms with Crippen molar-refractivity contribution >= 4 is 12.2 Å². The van der Waals surface area contributed by atoms with Crippen molar-refractivity contribution in [1.82, 2.24) is 0 Å². The predicted octanol–water partition coefficient (Wildman–Crippen LogP) is 7.29. The second-order valence-corrected chi connectivity index (χ2v) is 8.09. The van der Waals surface area contributed by atoms with Crippen LogP contribution in [0.15, 0.2) is 53.6 Å². The fourth-order valence-electron chi connectivity index (χ4n) is 4.80. The zero-order chi connectivity index (χ0) is 17.6. The van der Waals surface area contributed by atoms with Crippen molar-refractivity contribution in [3.05, 3.63) is 81.4 Å². The molecule has 2 aliphatic carbocycles. The molecule has 2 unspecified atom stereocenters. The maximum atomic E-state index is 2.45. The minimum atomic E-state index is 0.588. The lowest BCUT2D eigenvalue weighted by atomic mass is 9.84. The fraction of sp³-hybridized carbons (Fsp3) is 0.360. The van der Waals surface area contributed by atoms with Gasteiger partial charge in [-0.05, 0) is 60.4 Å². The van der Waals surface area contributed by atoms with E-state index in [2.05, 4.69) is 82.3 Å². The van der Waals surface area contributed by atoms with Crippen molar-refractivity contribution in [2.45, 2.75) is 58.3 Å². The summed E-state index contributed by atoms with van der Waals surface area (Å²) in [5.74, 6) is 1.78. The number of benzene rings is 2. The number of allylic oxidation sites excluding steroid dienone is 2. The molecule has 0 heterocycles. The number of hydrogen-bond donors (Lipinski definition) is 0. The number of fused-ring (bicyclic) bond motifs is 2. The summed E-state index contributed by atoms with van der Waals surface area (Å²) in [5.41, 5.74) is 10.6. The molecular weight excluding hydrogens is 300 g/mol. The Balaban J connectivity index is 1.57. The highest BCUT2D eigenvalue weighted by molar-refractivity contribution is 5.69. The van der Waals surface area contributed by atoms with Crippen LogP contribution in [-0.2, 0) is 0 Å². The average molecular weight is 328 g/mol. The second kappa shape index (κ2) is 6.33. The average Bonchev–Trinajstić information content (AvgIpc) is 3.08. The van der Waals surface area contributed by atoms with Crippen LogP contribution < -0.4 is 0 Å². The van der Waals surface area contributed by atoms with Crippen LogP contribution in [0, 0.1) is 0 Å². The molecule has 0 saturated carbocycles. The molecule has 0 spiro atoms. The summed E-state index contributed by atoms with van der Waals surface area (Å²) >= 11 is 0. The van der Waals surface area contributed by atoms with Gasteiger partial charge in [0.05, 0.1) is 0 Å². The van der Waals surface area contributed by atoms with Gasteiger partial charge < -0.3 is 0 Å². The van der Waals surface area contributed by atoms with Crippen LogP contribution in [-0.4, -0.2) is 0 Å². The van der Waals surface area contributed by atoms with E-state index in [1.165, 1.54) is 46.2 Å². The zero-order valence-electron chi connectivity index (χ0n) is 15.8. The van der Waals surface area contributed by atoms with Crippen LogP contribution in [0.3, 0.4) is 0 Å². The molecule has 0 heteroatoms. The van der Waals surface area contributed by atoms with Gasteiger partial charge in [0.25, 0.3) is 0 Å². The van der Waals surface area contributed by atoms with E-state index in [-0.39, 0.29) is 0 Å². The van der Waals surface area contributed by atoms with Crippen LogP contribution in [0.25, 0.3) is 12.2 Å². The molecule has 0 fully saturated rings. The smallest absolute Gasteiger partial charge is 0.00551 e. The topological polar surface area (TPSA) is 0 Å². The first-order valence-electron chi connectivity index (χ1n) is 9.64. The lowest BCUT2D eigenvalue weighted by Gasteiger charge is -2.20. The van der Waals surface area contributed by atoms with E-state index in [0.717, 1.165) is 0 Å². The molecule has 25 heavy (non-hydrogen) atoms. The highest BCUT2D eigenvalue weighted by Gasteiger charge is 2.28. The molecule has 0 aliphatic heterocycles. The molecule has 2 aliphatic rings. The lowest BCUT2D eigenvalue weighted by molar-refractivity contribution is 0.611. The molecule has 0 N–H and O–H groups in total. The SMILES string of the molecule is CC1=Cc2ccccc2C1CCC1C(C)=Cc2c(C(C)C)cccc21. The Kier molecular flexibility index (Phi) is 4.15. The van der Waals surface area contributed by atoms with Crippen molar-refractivity contribution in [1.29, 1.82) is 0 Å². The van der Waals surface area contributed by atoms with Crippen LogP contribution in [0.1, 0.15) is 86.1 Å². The van der Waals surface area contributed by atoms with Gasteiger partial charge in [0.2, 0.25) is 0 Å². The minimum Gasteiger partial charge on any atom is -0.0652 e. The zero-order valence-corrected chi connectivity index (χ0v) is 15.8. The number of hydrogen-bond acceptors (Lipinski definition) is 0. The first-order valence-corrected chi connectivity index (χ1v) is 9.64. The van der Waals surface area contributed by atoms with Crippen molar-refractivity contribution in [2.24, 2.45) is 0 Å². The Morgan fingerprint density at radius 2 is 1.40 bits per heavy atom. The van der Waals surface area contributed by atoms with Crippen LogP contribution in [0.2, 0.25) is 0 Å². The first kappa shape index (κ1) is 16.4. The molecular formula is C25H28. The Morgan fingerprint density at radius 3 is 2.16 bits per heavy atom. The Labute approximate surface area is 152 Å². The van der Waals surface area contributed by atoms with Crippen LogP contribution in [0.4, 0.5) is 0 Å². The molecule has 2 atom stereocenters. The highest BCUT2D eigenvalue weighted by Crippen LogP contribution is 2.45. The summed E-state index contributed by atoms with van der Waals surface area (Å²) in [5, 5.41) is 0. The van der Waals surface area contributed by atoms with E-state index < -0.39 is 0 Å². The number of rotatable bonds is 4. The quantitative estimate of drug-likeness (QED) is 0.552. The summed E-state index contributed by atoms with van der Waals surface area (Å²) < 4.78 is 0. The summed E-state index contributed by atoms with van der Waals surface area (Å²) in [6.45, 7) is 9.22. The Morgan fingerprint density at radius 1 is 0.760 bits per heavy atom. The van der Waals surface area contributed by atoms with Gasteiger partial charge in [-0.1, -0.05) is 79.6 Å². The van der Waals surface area contributed by atoms with E-state index in [1.807, 2.05) is 0 Å². The van der Waals surface area contributed by atoms with Crippen LogP contribution in [0.5, 0.6) is 0 Å². The van der Waals surface area contributed by atoms with Gasteiger partial charge in [0, 0.05) is 11.8 Å². The third kappa shape index (κ3) is 2.78. The van der Waals surface area contributed by atoms with Gasteiger partial charge in [-0.15, -0.1) is 0 Å². The van der Waals surface area contributed by atoms with E-state index >= 15 is 0 Å². The van der Waals surface area contributed by atoms with Gasteiger partial charge in [0.1, 0.15) is 0 Å². The van der Waals surface area contributed by atoms with E-state index in [9.17, 15) is 0 Å². The summed E-state index contributed by atoms with van der Waals surface area (Å²) in [4.78, 5) is 0. The summed E-state index contributed by atoms with van der Waals surface area (Å²) in [6, 6.07) is 15.8. The maximum absolute atomic E-state index is 2.45. The molecule has 0 saturated heterocycles. The largest absolute Gasteiger partial charge is 0.0652 e. The predicted molar refractivity (Wildman–Crippen MR) is 109 cm³/mol. The van der Waals surface area contributed by atoms with Crippen molar-refractivity contribution in [2.75, 3.05) is 0 Å². The van der Waals surface area contributed by atoms with Gasteiger partial charge in [-0.25, -0.2) is 0 Å². The van der Waals surface area contributed by atoms with E-state index in [4.69, 9.17) is 0 Å². The molecule has 0 nitrogen and oxygen atoms in total. The third-order valence-corrected chi connectivity index (χ3v) is 6.14. The Bertz CT molecular complexity index is 863. The standard InChI is InChI=1S/C25H28/c1-16(2)20-10-7-11-24-22(18(4)15-25(20)24)13-12-21-17(3)14-19-8-5-6-9-23(19)21/h5-11,14-16,21-22H,12-13H2,1-4H3. The normalized spacial score (nSPS) is 21.2. The molecule has 0 bridgehead atoms. The highest BCUT2D eigenvalue weighted by atomic mass is 14.3. The summed E-state index contributed by atoms with van der Waals surface area (Å²) in [6.07, 6.45) is 7.30.